The van der Waals surface area contributed by atoms with Crippen molar-refractivity contribution in [2.45, 2.75) is 23.5 Å². The highest BCUT2D eigenvalue weighted by Gasteiger charge is 2.53. The highest BCUT2D eigenvalue weighted by molar-refractivity contribution is 8.01. The van der Waals surface area contributed by atoms with Gasteiger partial charge in [-0.25, -0.2) is 0 Å². The van der Waals surface area contributed by atoms with Gasteiger partial charge in [-0.3, -0.25) is 20.3 Å². The molecule has 9 N–H and O–H groups in total. The number of nitrogen functional groups attached to an aromatic ring is 4. The molecular weight excluding hydrogens is 546 g/mol. The molecular formula is C18H21N11O5S3. The van der Waals surface area contributed by atoms with Crippen LogP contribution in [0.25, 0.3) is 0 Å². The molecule has 1 saturated heterocycles. The van der Waals surface area contributed by atoms with Gasteiger partial charge in [0, 0.05) is 23.0 Å². The highest BCUT2D eigenvalue weighted by atomic mass is 32.2. The second-order valence-corrected chi connectivity index (χ2v) is 10.3. The van der Waals surface area contributed by atoms with E-state index in [9.17, 15) is 19.5 Å². The second-order valence-electron chi connectivity index (χ2n) is 7.46. The van der Waals surface area contributed by atoms with Crippen molar-refractivity contribution in [3.8, 4) is 0 Å². The number of aromatic nitrogens is 4. The van der Waals surface area contributed by atoms with Gasteiger partial charge in [-0.1, -0.05) is 10.1 Å². The maximum atomic E-state index is 13.0. The lowest BCUT2D eigenvalue weighted by Gasteiger charge is -2.50. The third-order valence-electron chi connectivity index (χ3n) is 5.06. The van der Waals surface area contributed by atoms with Crippen LogP contribution in [0, 0.1) is 0 Å². The first-order valence-corrected chi connectivity index (χ1v) is 13.3. The number of carboxylic acids is 1. The Hall–Kier alpha value is -3.84. The molecule has 19 heteroatoms. The van der Waals surface area contributed by atoms with Crippen LogP contribution in [0.1, 0.15) is 12.7 Å². The van der Waals surface area contributed by atoms with Gasteiger partial charge in [0.05, 0.1) is 17.7 Å². The number of fused-ring (bicyclic) bond motifs is 1. The minimum absolute atomic E-state index is 0.0593. The largest absolute Gasteiger partial charge is 0.543 e. The normalized spacial score (nSPS) is 19.3. The molecule has 0 saturated carbocycles. The van der Waals surface area contributed by atoms with Crippen molar-refractivity contribution < 1.29 is 29.0 Å². The number of carbonyl (C=O) groups excluding carboxylic acids is 3. The van der Waals surface area contributed by atoms with Crippen molar-refractivity contribution >= 4 is 75.3 Å². The Kier molecular flexibility index (Phi) is 7.55. The molecule has 2 unspecified atom stereocenters. The Morgan fingerprint density at radius 2 is 2.14 bits per heavy atom. The average Bonchev–Trinajstić information content (AvgIpc) is 3.28. The summed E-state index contributed by atoms with van der Waals surface area (Å²) in [5.74, 6) is 3.56. The Morgan fingerprint density at radius 1 is 1.38 bits per heavy atom. The SMILES string of the molecule is CCO/N=C(\C(=O)NC1C(=O)N2C(C(=O)[O-])=C(CSc3nc(N)cc(N)[n+]3N)CSC12)c1nsc(N)n1. The molecule has 0 bridgehead atoms. The summed E-state index contributed by atoms with van der Waals surface area (Å²) in [7, 11) is 0. The smallest absolute Gasteiger partial charge is 0.322 e. The van der Waals surface area contributed by atoms with E-state index >= 15 is 0 Å². The van der Waals surface area contributed by atoms with Gasteiger partial charge in [0.15, 0.2) is 5.13 Å². The number of nitrogens with one attached hydrogen (secondary N) is 1. The number of aliphatic carboxylic acids is 1. The van der Waals surface area contributed by atoms with Crippen molar-refractivity contribution in [2.24, 2.45) is 5.16 Å². The molecule has 2 aliphatic heterocycles. The van der Waals surface area contributed by atoms with E-state index in [0.717, 1.165) is 32.9 Å². The molecule has 0 aliphatic carbocycles. The predicted molar refractivity (Wildman–Crippen MR) is 134 cm³/mol. The minimum Gasteiger partial charge on any atom is -0.543 e. The zero-order valence-electron chi connectivity index (χ0n) is 19.1. The fourth-order valence-electron chi connectivity index (χ4n) is 3.42. The number of carbonyl (C=O) groups is 3. The molecule has 0 spiro atoms. The van der Waals surface area contributed by atoms with Crippen LogP contribution in [0.2, 0.25) is 0 Å². The molecule has 4 rings (SSSR count). The summed E-state index contributed by atoms with van der Waals surface area (Å²) in [5.41, 5.74) is 17.0. The van der Waals surface area contributed by atoms with Crippen LogP contribution < -0.4 is 38.1 Å². The van der Waals surface area contributed by atoms with E-state index in [1.807, 2.05) is 0 Å². The zero-order chi connectivity index (χ0) is 26.9. The summed E-state index contributed by atoms with van der Waals surface area (Å²) >= 11 is 3.23. The minimum atomic E-state index is -1.53. The van der Waals surface area contributed by atoms with Crippen LogP contribution in [0.15, 0.2) is 27.6 Å². The van der Waals surface area contributed by atoms with Gasteiger partial charge >= 0.3 is 5.16 Å². The number of β-lactam (4-membered cyclic amide) rings is 1. The molecule has 0 aromatic carbocycles. The number of carboxylic acid groups (broad SMARTS) is 1. The number of nitrogens with zero attached hydrogens (tertiary/aromatic N) is 6. The molecule has 196 valence electrons. The Morgan fingerprint density at radius 3 is 2.78 bits per heavy atom. The first-order chi connectivity index (χ1) is 17.6. The van der Waals surface area contributed by atoms with Gasteiger partial charge in [0.25, 0.3) is 11.8 Å². The fraction of sp³-hybridized carbons (Fsp3) is 0.333. The topological polar surface area (TPSA) is 258 Å². The van der Waals surface area contributed by atoms with Crippen LogP contribution in [0.3, 0.4) is 0 Å². The number of hydrogen-bond acceptors (Lipinski definition) is 16. The average molecular weight is 568 g/mol. The van der Waals surface area contributed by atoms with E-state index in [-0.39, 0.29) is 57.3 Å². The lowest BCUT2D eigenvalue weighted by atomic mass is 10.0. The maximum Gasteiger partial charge on any atom is 0.322 e. The Bertz CT molecular complexity index is 1330. The van der Waals surface area contributed by atoms with Crippen molar-refractivity contribution in [2.75, 3.05) is 41.2 Å². The van der Waals surface area contributed by atoms with Crippen molar-refractivity contribution in [3.63, 3.8) is 0 Å². The Labute approximate surface area is 221 Å². The summed E-state index contributed by atoms with van der Waals surface area (Å²) in [6.07, 6.45) is 0. The van der Waals surface area contributed by atoms with Gasteiger partial charge in [0.1, 0.15) is 18.0 Å². The summed E-state index contributed by atoms with van der Waals surface area (Å²) in [6.45, 7) is 1.84. The monoisotopic (exact) mass is 567 g/mol. The summed E-state index contributed by atoms with van der Waals surface area (Å²) in [4.78, 5) is 52.0. The van der Waals surface area contributed by atoms with Crippen LogP contribution in [-0.4, -0.2) is 72.3 Å². The standard InChI is InChI=1S/C18H21N11O5S3/c1-2-34-26-9(12-25-17(21)37-27-12)13(30)24-10-14(31)28-11(16(32)33)6(4-35-15(10)28)5-36-18-23-7(19)3-8(20)29(18)22/h3,10,15H,2,4-5,22H2,1H3,(H7,19,20,21,24,25,27,30,32,33)/b26-9-. The van der Waals surface area contributed by atoms with Gasteiger partial charge < -0.3 is 37.3 Å². The molecule has 2 aromatic rings. The van der Waals surface area contributed by atoms with Crippen molar-refractivity contribution in [3.05, 3.63) is 23.2 Å². The zero-order valence-corrected chi connectivity index (χ0v) is 21.6. The van der Waals surface area contributed by atoms with Gasteiger partial charge in [0.2, 0.25) is 23.2 Å². The molecule has 2 amide bonds. The molecule has 16 nitrogen and oxygen atoms in total. The summed E-state index contributed by atoms with van der Waals surface area (Å²) < 4.78 is 5.07. The third kappa shape index (κ3) is 5.18. The summed E-state index contributed by atoms with van der Waals surface area (Å²) in [5, 5.41) is 18.0. The van der Waals surface area contributed by atoms with E-state index < -0.39 is 29.2 Å². The number of amides is 2. The molecule has 2 aromatic heterocycles. The molecule has 0 radical (unpaired) electrons. The van der Waals surface area contributed by atoms with Gasteiger partial charge in [-0.15, -0.1) is 16.4 Å². The Balaban J connectivity index is 1.51. The first kappa shape index (κ1) is 26.2. The maximum absolute atomic E-state index is 13.0. The number of hydrogen-bond donors (Lipinski definition) is 5. The number of anilines is 3. The number of nitrogens with two attached hydrogens (primary N) is 4. The third-order valence-corrected chi connectivity index (χ3v) is 7.98. The molecule has 4 heterocycles. The van der Waals surface area contributed by atoms with Crippen molar-refractivity contribution in [1.82, 2.24) is 24.6 Å². The number of rotatable bonds is 9. The van der Waals surface area contributed by atoms with Crippen LogP contribution >= 0.6 is 35.1 Å². The van der Waals surface area contributed by atoms with E-state index in [2.05, 4.69) is 24.8 Å². The quantitative estimate of drug-likeness (QED) is 0.0377. The van der Waals surface area contributed by atoms with Crippen LogP contribution in [0.5, 0.6) is 0 Å². The lowest BCUT2D eigenvalue weighted by Crippen LogP contribution is -2.71. The summed E-state index contributed by atoms with van der Waals surface area (Å²) in [6, 6.07) is 0.360. The van der Waals surface area contributed by atoms with E-state index in [4.69, 9.17) is 27.9 Å². The lowest BCUT2D eigenvalue weighted by molar-refractivity contribution is -0.667. The predicted octanol–water partition coefficient (Wildman–Crippen LogP) is -3.38. The van der Waals surface area contributed by atoms with Gasteiger partial charge in [-0.2, -0.15) is 9.36 Å². The highest BCUT2D eigenvalue weighted by Crippen LogP contribution is 2.41. The van der Waals surface area contributed by atoms with E-state index in [1.54, 1.807) is 6.92 Å². The molecule has 1 fully saturated rings. The van der Waals surface area contributed by atoms with E-state index in [0.29, 0.717) is 5.57 Å². The van der Waals surface area contributed by atoms with Crippen molar-refractivity contribution in [1.29, 1.82) is 0 Å². The second kappa shape index (κ2) is 10.6. The van der Waals surface area contributed by atoms with Gasteiger partial charge in [-0.05, 0) is 24.3 Å². The number of thioether (sulfide) groups is 2. The fourth-order valence-corrected chi connectivity index (χ4v) is 6.28. The number of oxime groups is 1. The van der Waals surface area contributed by atoms with E-state index in [1.165, 1.54) is 17.8 Å². The van der Waals surface area contributed by atoms with Crippen LogP contribution in [-0.2, 0) is 19.2 Å². The molecule has 37 heavy (non-hydrogen) atoms. The van der Waals surface area contributed by atoms with Crippen LogP contribution in [0.4, 0.5) is 16.8 Å². The first-order valence-electron chi connectivity index (χ1n) is 10.5. The molecule has 2 aliphatic rings. The molecule has 2 atom stereocenters.